The fraction of sp³-hybridized carbons (Fsp3) is 0.143. The molecule has 0 bridgehead atoms. The van der Waals surface area contributed by atoms with E-state index in [0.717, 1.165) is 22.7 Å². The van der Waals surface area contributed by atoms with Crippen molar-refractivity contribution in [3.8, 4) is 0 Å². The number of rotatable bonds is 6. The van der Waals surface area contributed by atoms with Crippen molar-refractivity contribution in [2.75, 3.05) is 7.11 Å². The molecule has 178 valence electrons. The van der Waals surface area contributed by atoms with Crippen molar-refractivity contribution in [3.05, 3.63) is 74.9 Å². The Balaban J connectivity index is 1.97. The molecule has 0 saturated carbocycles. The van der Waals surface area contributed by atoms with Crippen LogP contribution in [0.4, 0.5) is 13.2 Å². The number of alkyl halides is 3. The number of carbonyl (C=O) groups excluding carboxylic acids is 2. The molecule has 1 heterocycles. The van der Waals surface area contributed by atoms with Crippen molar-refractivity contribution in [1.82, 2.24) is 9.78 Å². The van der Waals surface area contributed by atoms with Gasteiger partial charge in [0.2, 0.25) is 0 Å². The van der Waals surface area contributed by atoms with E-state index in [2.05, 4.69) is 10.3 Å². The molecule has 0 radical (unpaired) electrons. The van der Waals surface area contributed by atoms with Crippen LogP contribution in [0.15, 0.2) is 57.5 Å². The van der Waals surface area contributed by atoms with Crippen LogP contribution in [0.3, 0.4) is 0 Å². The van der Waals surface area contributed by atoms with Gasteiger partial charge in [-0.2, -0.15) is 18.3 Å². The van der Waals surface area contributed by atoms with Gasteiger partial charge in [0.25, 0.3) is 0 Å². The van der Waals surface area contributed by atoms with Crippen LogP contribution in [-0.4, -0.2) is 35.0 Å². The van der Waals surface area contributed by atoms with Gasteiger partial charge in [0.05, 0.1) is 35.0 Å². The Bertz CT molecular complexity index is 1280. The van der Waals surface area contributed by atoms with Crippen LogP contribution in [0.5, 0.6) is 0 Å². The number of ether oxygens (including phenoxy) is 1. The van der Waals surface area contributed by atoms with Gasteiger partial charge in [0.15, 0.2) is 5.69 Å². The SMILES string of the molecule is COC(=O)c1ccccc1Sc1c(/C=N/OC(=O)c2ccc(Cl)cc2Cl)c(C(F)(F)F)nn1C. The first-order chi connectivity index (χ1) is 16.0. The second-order valence-electron chi connectivity index (χ2n) is 6.52. The molecule has 0 amide bonds. The molecule has 3 rings (SSSR count). The zero-order valence-corrected chi connectivity index (χ0v) is 19.7. The van der Waals surface area contributed by atoms with Crippen molar-refractivity contribution in [2.24, 2.45) is 12.2 Å². The largest absolute Gasteiger partial charge is 0.465 e. The lowest BCUT2D eigenvalue weighted by molar-refractivity contribution is -0.141. The number of methoxy groups -OCH3 is 1. The maximum Gasteiger partial charge on any atom is 0.435 e. The number of halogens is 5. The summed E-state index contributed by atoms with van der Waals surface area (Å²) in [7, 11) is 2.49. The summed E-state index contributed by atoms with van der Waals surface area (Å²) < 4.78 is 46.6. The lowest BCUT2D eigenvalue weighted by Gasteiger charge is -2.08. The van der Waals surface area contributed by atoms with E-state index < -0.39 is 29.4 Å². The highest BCUT2D eigenvalue weighted by Crippen LogP contribution is 2.38. The normalized spacial score (nSPS) is 11.6. The lowest BCUT2D eigenvalue weighted by Crippen LogP contribution is -2.09. The van der Waals surface area contributed by atoms with Crippen LogP contribution < -0.4 is 0 Å². The van der Waals surface area contributed by atoms with Crippen LogP contribution in [-0.2, 0) is 22.8 Å². The molecule has 0 saturated heterocycles. The van der Waals surface area contributed by atoms with Gasteiger partial charge >= 0.3 is 18.1 Å². The predicted molar refractivity (Wildman–Crippen MR) is 120 cm³/mol. The molecule has 0 fully saturated rings. The summed E-state index contributed by atoms with van der Waals surface area (Å²) in [4.78, 5) is 29.3. The van der Waals surface area contributed by atoms with Crippen LogP contribution in [0.25, 0.3) is 0 Å². The fourth-order valence-corrected chi connectivity index (χ4v) is 4.28. The Morgan fingerprint density at radius 1 is 1.12 bits per heavy atom. The Kier molecular flexibility index (Phi) is 7.90. The molecular weight excluding hydrogens is 518 g/mol. The Morgan fingerprint density at radius 2 is 1.82 bits per heavy atom. The van der Waals surface area contributed by atoms with Crippen molar-refractivity contribution in [2.45, 2.75) is 16.1 Å². The molecule has 2 aromatic carbocycles. The number of nitrogens with zero attached hydrogens (tertiary/aromatic N) is 3. The molecule has 7 nitrogen and oxygen atoms in total. The van der Waals surface area contributed by atoms with Crippen LogP contribution in [0.2, 0.25) is 10.0 Å². The average Bonchev–Trinajstić information content (AvgIpc) is 3.09. The minimum atomic E-state index is -4.83. The van der Waals surface area contributed by atoms with E-state index in [0.29, 0.717) is 4.90 Å². The summed E-state index contributed by atoms with van der Waals surface area (Å²) in [6.07, 6.45) is -4.11. The minimum absolute atomic E-state index is 0.00648. The molecule has 1 aromatic heterocycles. The number of benzene rings is 2. The van der Waals surface area contributed by atoms with Gasteiger partial charge in [0.1, 0.15) is 5.03 Å². The molecule has 0 atom stereocenters. The summed E-state index contributed by atoms with van der Waals surface area (Å²) in [5.74, 6) is -1.66. The van der Waals surface area contributed by atoms with Gasteiger partial charge in [-0.3, -0.25) is 4.68 Å². The van der Waals surface area contributed by atoms with Gasteiger partial charge in [0, 0.05) is 17.0 Å². The van der Waals surface area contributed by atoms with E-state index in [4.69, 9.17) is 32.8 Å². The molecule has 0 aliphatic carbocycles. The molecule has 0 aliphatic heterocycles. The highest BCUT2D eigenvalue weighted by atomic mass is 35.5. The summed E-state index contributed by atoms with van der Waals surface area (Å²) in [5, 5.41) is 7.22. The van der Waals surface area contributed by atoms with E-state index in [1.807, 2.05) is 0 Å². The Labute approximate surface area is 205 Å². The second-order valence-corrected chi connectivity index (χ2v) is 8.39. The third-order valence-electron chi connectivity index (χ3n) is 4.27. The monoisotopic (exact) mass is 531 g/mol. The first-order valence-electron chi connectivity index (χ1n) is 9.22. The number of hydrogen-bond donors (Lipinski definition) is 0. The van der Waals surface area contributed by atoms with Crippen LogP contribution >= 0.6 is 35.0 Å². The second kappa shape index (κ2) is 10.5. The first kappa shape index (κ1) is 25.6. The third kappa shape index (κ3) is 5.72. The van der Waals surface area contributed by atoms with Gasteiger partial charge in [-0.05, 0) is 30.3 Å². The van der Waals surface area contributed by atoms with Crippen molar-refractivity contribution in [1.29, 1.82) is 0 Å². The average molecular weight is 532 g/mol. The molecule has 13 heteroatoms. The number of aryl methyl sites for hydroxylation is 1. The van der Waals surface area contributed by atoms with Gasteiger partial charge in [-0.15, -0.1) is 0 Å². The number of esters is 1. The lowest BCUT2D eigenvalue weighted by atomic mass is 10.2. The quantitative estimate of drug-likeness (QED) is 0.171. The number of hydrogen-bond acceptors (Lipinski definition) is 7. The van der Waals surface area contributed by atoms with Crippen LogP contribution in [0.1, 0.15) is 32.0 Å². The first-order valence-corrected chi connectivity index (χ1v) is 10.8. The summed E-state index contributed by atoms with van der Waals surface area (Å²) in [6, 6.07) is 10.2. The number of carbonyl (C=O) groups is 2. The van der Waals surface area contributed by atoms with E-state index in [1.54, 1.807) is 18.2 Å². The summed E-state index contributed by atoms with van der Waals surface area (Å²) >= 11 is 12.6. The van der Waals surface area contributed by atoms with E-state index >= 15 is 0 Å². The smallest absolute Gasteiger partial charge is 0.435 e. The highest BCUT2D eigenvalue weighted by Gasteiger charge is 2.39. The maximum absolute atomic E-state index is 13.6. The molecular formula is C21H14Cl2F3N3O4S. The fourth-order valence-electron chi connectivity index (χ4n) is 2.74. The highest BCUT2D eigenvalue weighted by molar-refractivity contribution is 7.99. The van der Waals surface area contributed by atoms with Crippen molar-refractivity contribution < 1.29 is 32.3 Å². The number of aromatic nitrogens is 2. The van der Waals surface area contributed by atoms with Gasteiger partial charge in [-0.1, -0.05) is 52.3 Å². The summed E-state index contributed by atoms with van der Waals surface area (Å²) in [6.45, 7) is 0. The minimum Gasteiger partial charge on any atom is -0.465 e. The topological polar surface area (TPSA) is 82.8 Å². The van der Waals surface area contributed by atoms with Gasteiger partial charge in [-0.25, -0.2) is 9.59 Å². The van der Waals surface area contributed by atoms with Crippen LogP contribution in [0, 0.1) is 0 Å². The standard InChI is InChI=1S/C21H14Cl2F3N3O4S/c1-29-18(34-16-6-4-3-5-13(16)19(30)32-2)14(17(28-29)21(24,25)26)10-27-33-20(31)12-8-7-11(22)9-15(12)23/h3-10H,1-2H3/b27-10+. The van der Waals surface area contributed by atoms with E-state index in [9.17, 15) is 22.8 Å². The Morgan fingerprint density at radius 3 is 2.47 bits per heavy atom. The molecule has 0 N–H and O–H groups in total. The molecule has 0 aliphatic rings. The van der Waals surface area contributed by atoms with E-state index in [1.165, 1.54) is 38.4 Å². The third-order valence-corrected chi connectivity index (χ3v) is 6.07. The molecule has 34 heavy (non-hydrogen) atoms. The zero-order chi connectivity index (χ0) is 25.0. The molecule has 0 unspecified atom stereocenters. The molecule has 3 aromatic rings. The molecule has 0 spiro atoms. The summed E-state index contributed by atoms with van der Waals surface area (Å²) in [5.41, 5.74) is -1.64. The van der Waals surface area contributed by atoms with Crippen molar-refractivity contribution >= 4 is 53.1 Å². The number of oxime groups is 1. The Hall–Kier alpha value is -3.02. The van der Waals surface area contributed by atoms with E-state index in [-0.39, 0.29) is 26.2 Å². The van der Waals surface area contributed by atoms with Gasteiger partial charge < -0.3 is 9.57 Å². The predicted octanol–water partition coefficient (Wildman–Crippen LogP) is 5.87. The maximum atomic E-state index is 13.6. The zero-order valence-electron chi connectivity index (χ0n) is 17.4. The van der Waals surface area contributed by atoms with Crippen molar-refractivity contribution in [3.63, 3.8) is 0 Å².